The van der Waals surface area contributed by atoms with Crippen LogP contribution in [0.1, 0.15) is 31.1 Å². The smallest absolute Gasteiger partial charge is 0.226 e. The number of aromatic nitrogens is 2. The van der Waals surface area contributed by atoms with Gasteiger partial charge in [-0.3, -0.25) is 4.90 Å². The van der Waals surface area contributed by atoms with Gasteiger partial charge in [0, 0.05) is 46.3 Å². The molecular formula is C12H22N4O2. The van der Waals surface area contributed by atoms with Gasteiger partial charge in [0.25, 0.3) is 0 Å². The summed E-state index contributed by atoms with van der Waals surface area (Å²) >= 11 is 0. The van der Waals surface area contributed by atoms with Crippen LogP contribution in [0.4, 0.5) is 0 Å². The van der Waals surface area contributed by atoms with Crippen molar-refractivity contribution in [3.8, 4) is 0 Å². The summed E-state index contributed by atoms with van der Waals surface area (Å²) in [6, 6.07) is 0.229. The second-order valence-corrected chi connectivity index (χ2v) is 4.60. The molecule has 0 aromatic carbocycles. The maximum absolute atomic E-state index is 5.26. The Bertz CT molecular complexity index is 350. The summed E-state index contributed by atoms with van der Waals surface area (Å²) in [6.07, 6.45) is 1.70. The number of ether oxygens (including phenoxy) is 1. The average molecular weight is 254 g/mol. The van der Waals surface area contributed by atoms with E-state index in [4.69, 9.17) is 9.26 Å². The number of hydrogen-bond donors (Lipinski definition) is 1. The van der Waals surface area contributed by atoms with Crippen LogP contribution < -0.4 is 5.32 Å². The lowest BCUT2D eigenvalue weighted by Crippen LogP contribution is -2.44. The Morgan fingerprint density at radius 2 is 2.22 bits per heavy atom. The standard InChI is InChI=1S/C12H22N4O2/c1-10(16-7-5-13-6-8-16)12-14-11(18-15-12)4-3-9-17-2/h10,13H,3-9H2,1-2H3. The van der Waals surface area contributed by atoms with E-state index in [1.807, 2.05) is 0 Å². The lowest BCUT2D eigenvalue weighted by molar-refractivity contribution is 0.176. The second kappa shape index (κ2) is 6.82. The fourth-order valence-corrected chi connectivity index (χ4v) is 2.14. The highest BCUT2D eigenvalue weighted by molar-refractivity contribution is 4.94. The molecule has 6 heteroatoms. The molecule has 1 unspecified atom stereocenters. The predicted molar refractivity (Wildman–Crippen MR) is 67.4 cm³/mol. The molecule has 1 fully saturated rings. The number of nitrogens with one attached hydrogen (secondary N) is 1. The molecule has 0 aliphatic carbocycles. The molecule has 1 aromatic heterocycles. The highest BCUT2D eigenvalue weighted by Gasteiger charge is 2.22. The molecule has 2 rings (SSSR count). The van der Waals surface area contributed by atoms with Gasteiger partial charge in [-0.25, -0.2) is 0 Å². The van der Waals surface area contributed by atoms with Crippen molar-refractivity contribution in [3.05, 3.63) is 11.7 Å². The first kappa shape index (κ1) is 13.5. The van der Waals surface area contributed by atoms with Gasteiger partial charge in [0.05, 0.1) is 6.04 Å². The van der Waals surface area contributed by atoms with Crippen molar-refractivity contribution in [2.24, 2.45) is 0 Å². The lowest BCUT2D eigenvalue weighted by Gasteiger charge is -2.30. The van der Waals surface area contributed by atoms with Crippen LogP contribution in [0.15, 0.2) is 4.52 Å². The average Bonchev–Trinajstić information content (AvgIpc) is 2.88. The van der Waals surface area contributed by atoms with E-state index in [1.54, 1.807) is 7.11 Å². The van der Waals surface area contributed by atoms with Crippen molar-refractivity contribution in [3.63, 3.8) is 0 Å². The van der Waals surface area contributed by atoms with E-state index in [2.05, 4.69) is 27.3 Å². The van der Waals surface area contributed by atoms with Crippen LogP contribution in [0.25, 0.3) is 0 Å². The van der Waals surface area contributed by atoms with Crippen molar-refractivity contribution in [2.75, 3.05) is 39.9 Å². The van der Waals surface area contributed by atoms with E-state index in [9.17, 15) is 0 Å². The van der Waals surface area contributed by atoms with Crippen molar-refractivity contribution >= 4 is 0 Å². The summed E-state index contributed by atoms with van der Waals surface area (Å²) in [7, 11) is 1.70. The van der Waals surface area contributed by atoms with Gasteiger partial charge >= 0.3 is 0 Å². The quantitative estimate of drug-likeness (QED) is 0.751. The molecule has 1 aliphatic heterocycles. The minimum atomic E-state index is 0.229. The fraction of sp³-hybridized carbons (Fsp3) is 0.833. The molecule has 0 spiro atoms. The molecule has 1 aromatic rings. The van der Waals surface area contributed by atoms with Crippen molar-refractivity contribution in [2.45, 2.75) is 25.8 Å². The Morgan fingerprint density at radius 1 is 1.44 bits per heavy atom. The number of aryl methyl sites for hydroxylation is 1. The van der Waals surface area contributed by atoms with Crippen molar-refractivity contribution in [1.82, 2.24) is 20.4 Å². The molecule has 0 bridgehead atoms. The molecular weight excluding hydrogens is 232 g/mol. The van der Waals surface area contributed by atoms with Crippen LogP contribution in [0.2, 0.25) is 0 Å². The summed E-state index contributed by atoms with van der Waals surface area (Å²) in [6.45, 7) is 7.00. The molecule has 1 N–H and O–H groups in total. The minimum Gasteiger partial charge on any atom is -0.385 e. The fourth-order valence-electron chi connectivity index (χ4n) is 2.14. The van der Waals surface area contributed by atoms with Crippen LogP contribution in [0.3, 0.4) is 0 Å². The molecule has 6 nitrogen and oxygen atoms in total. The third-order valence-corrected chi connectivity index (χ3v) is 3.30. The molecule has 18 heavy (non-hydrogen) atoms. The Labute approximate surface area is 108 Å². The molecule has 0 radical (unpaired) electrons. The molecule has 1 saturated heterocycles. The highest BCUT2D eigenvalue weighted by Crippen LogP contribution is 2.17. The first-order valence-electron chi connectivity index (χ1n) is 6.57. The Balaban J connectivity index is 1.87. The SMILES string of the molecule is COCCCc1nc(C(C)N2CCNCC2)no1. The Morgan fingerprint density at radius 3 is 2.94 bits per heavy atom. The summed E-state index contributed by atoms with van der Waals surface area (Å²) in [5.74, 6) is 1.51. The zero-order chi connectivity index (χ0) is 12.8. The number of rotatable bonds is 6. The second-order valence-electron chi connectivity index (χ2n) is 4.60. The maximum atomic E-state index is 5.26. The van der Waals surface area contributed by atoms with Gasteiger partial charge in [0.15, 0.2) is 5.82 Å². The van der Waals surface area contributed by atoms with Crippen LogP contribution in [-0.2, 0) is 11.2 Å². The largest absolute Gasteiger partial charge is 0.385 e. The van der Waals surface area contributed by atoms with Gasteiger partial charge in [-0.05, 0) is 13.3 Å². The zero-order valence-electron chi connectivity index (χ0n) is 11.2. The van der Waals surface area contributed by atoms with E-state index in [0.29, 0.717) is 5.89 Å². The number of piperazine rings is 1. The normalized spacial score (nSPS) is 19.0. The highest BCUT2D eigenvalue weighted by atomic mass is 16.5. The molecule has 1 atom stereocenters. The van der Waals surface area contributed by atoms with Gasteiger partial charge in [-0.15, -0.1) is 0 Å². The maximum Gasteiger partial charge on any atom is 0.226 e. The lowest BCUT2D eigenvalue weighted by atomic mass is 10.2. The van der Waals surface area contributed by atoms with Crippen LogP contribution in [0, 0.1) is 0 Å². The van der Waals surface area contributed by atoms with Gasteiger partial charge in [-0.2, -0.15) is 4.98 Å². The van der Waals surface area contributed by atoms with E-state index >= 15 is 0 Å². The zero-order valence-corrected chi connectivity index (χ0v) is 11.2. The summed E-state index contributed by atoms with van der Waals surface area (Å²) in [5.41, 5.74) is 0. The summed E-state index contributed by atoms with van der Waals surface area (Å²) in [4.78, 5) is 6.84. The molecule has 1 aliphatic rings. The molecule has 0 saturated carbocycles. The summed E-state index contributed by atoms with van der Waals surface area (Å²) < 4.78 is 10.3. The van der Waals surface area contributed by atoms with Crippen LogP contribution in [0.5, 0.6) is 0 Å². The minimum absolute atomic E-state index is 0.229. The monoisotopic (exact) mass is 254 g/mol. The number of hydrogen-bond acceptors (Lipinski definition) is 6. The van der Waals surface area contributed by atoms with E-state index in [-0.39, 0.29) is 6.04 Å². The van der Waals surface area contributed by atoms with Crippen LogP contribution >= 0.6 is 0 Å². The number of methoxy groups -OCH3 is 1. The molecule has 102 valence electrons. The molecule has 2 heterocycles. The Hall–Kier alpha value is -0.980. The topological polar surface area (TPSA) is 63.4 Å². The van der Waals surface area contributed by atoms with E-state index < -0.39 is 0 Å². The third kappa shape index (κ3) is 3.51. The first-order valence-corrected chi connectivity index (χ1v) is 6.57. The van der Waals surface area contributed by atoms with Crippen LogP contribution in [-0.4, -0.2) is 54.9 Å². The van der Waals surface area contributed by atoms with Gasteiger partial charge < -0.3 is 14.6 Å². The Kier molecular flexibility index (Phi) is 5.10. The third-order valence-electron chi connectivity index (χ3n) is 3.30. The number of nitrogens with zero attached hydrogens (tertiary/aromatic N) is 3. The van der Waals surface area contributed by atoms with Crippen molar-refractivity contribution < 1.29 is 9.26 Å². The van der Waals surface area contributed by atoms with Gasteiger partial charge in [0.2, 0.25) is 5.89 Å². The summed E-state index contributed by atoms with van der Waals surface area (Å²) in [5, 5.41) is 7.42. The first-order chi connectivity index (χ1) is 8.81. The van der Waals surface area contributed by atoms with Gasteiger partial charge in [0.1, 0.15) is 0 Å². The van der Waals surface area contributed by atoms with E-state index in [1.165, 1.54) is 0 Å². The van der Waals surface area contributed by atoms with Gasteiger partial charge in [-0.1, -0.05) is 5.16 Å². The molecule has 0 amide bonds. The predicted octanol–water partition coefficient (Wildman–Crippen LogP) is 0.615. The van der Waals surface area contributed by atoms with E-state index in [0.717, 1.165) is 51.5 Å². The van der Waals surface area contributed by atoms with Crippen molar-refractivity contribution in [1.29, 1.82) is 0 Å².